The molecule has 0 aromatic heterocycles. The van der Waals surface area contributed by atoms with Crippen LogP contribution in [0.15, 0.2) is 12.1 Å². The van der Waals surface area contributed by atoms with Crippen LogP contribution in [0.3, 0.4) is 0 Å². The van der Waals surface area contributed by atoms with Gasteiger partial charge in [-0.2, -0.15) is 0 Å². The standard InChI is InChI=1S/C8H9ClFNO2/c9-4-1-2-5(12)7(8(4)10)6(13)3-11/h1-2,6,12-13H,3,11H2. The van der Waals surface area contributed by atoms with Crippen LogP contribution in [0.25, 0.3) is 0 Å². The predicted molar refractivity (Wildman–Crippen MR) is 47.1 cm³/mol. The quantitative estimate of drug-likeness (QED) is 0.679. The van der Waals surface area contributed by atoms with Crippen molar-refractivity contribution in [3.8, 4) is 5.75 Å². The first-order valence-electron chi connectivity index (χ1n) is 3.63. The Morgan fingerprint density at radius 2 is 2.15 bits per heavy atom. The number of halogens is 2. The van der Waals surface area contributed by atoms with Crippen LogP contribution < -0.4 is 5.73 Å². The van der Waals surface area contributed by atoms with Crippen molar-refractivity contribution >= 4 is 11.6 Å². The summed E-state index contributed by atoms with van der Waals surface area (Å²) in [6.45, 7) is -0.176. The number of hydrogen-bond donors (Lipinski definition) is 3. The number of phenols is 1. The molecule has 1 unspecified atom stereocenters. The lowest BCUT2D eigenvalue weighted by atomic mass is 10.1. The fourth-order valence-electron chi connectivity index (χ4n) is 0.991. The monoisotopic (exact) mass is 205 g/mol. The molecule has 0 heterocycles. The maximum Gasteiger partial charge on any atom is 0.151 e. The summed E-state index contributed by atoms with van der Waals surface area (Å²) in [5, 5.41) is 18.3. The van der Waals surface area contributed by atoms with Crippen molar-refractivity contribution in [1.82, 2.24) is 0 Å². The molecule has 0 saturated heterocycles. The summed E-state index contributed by atoms with van der Waals surface area (Å²) < 4.78 is 13.2. The Hall–Kier alpha value is -0.840. The number of nitrogens with two attached hydrogens (primary N) is 1. The molecule has 0 spiro atoms. The normalized spacial score (nSPS) is 12.9. The molecule has 0 aliphatic heterocycles. The molecule has 13 heavy (non-hydrogen) atoms. The van der Waals surface area contributed by atoms with Gasteiger partial charge in [-0.25, -0.2) is 4.39 Å². The van der Waals surface area contributed by atoms with E-state index in [0.717, 1.165) is 0 Å². The summed E-state index contributed by atoms with van der Waals surface area (Å²) >= 11 is 5.45. The van der Waals surface area contributed by atoms with Crippen LogP contribution in [0, 0.1) is 5.82 Å². The van der Waals surface area contributed by atoms with E-state index in [2.05, 4.69) is 0 Å². The predicted octanol–water partition coefficient (Wildman–Crippen LogP) is 1.18. The summed E-state index contributed by atoms with van der Waals surface area (Å²) in [4.78, 5) is 0. The van der Waals surface area contributed by atoms with Crippen LogP contribution in [-0.4, -0.2) is 16.8 Å². The molecule has 0 aliphatic carbocycles. The molecular weight excluding hydrogens is 197 g/mol. The second-order valence-corrected chi connectivity index (χ2v) is 2.95. The molecular formula is C8H9ClFNO2. The third-order valence-corrected chi connectivity index (χ3v) is 1.96. The minimum absolute atomic E-state index is 0.152. The van der Waals surface area contributed by atoms with Gasteiger partial charge < -0.3 is 15.9 Å². The Morgan fingerprint density at radius 1 is 1.54 bits per heavy atom. The number of phenolic OH excluding ortho intramolecular Hbond substituents is 1. The highest BCUT2D eigenvalue weighted by Gasteiger charge is 2.18. The number of hydrogen-bond acceptors (Lipinski definition) is 3. The lowest BCUT2D eigenvalue weighted by Crippen LogP contribution is -2.13. The van der Waals surface area contributed by atoms with E-state index in [-0.39, 0.29) is 22.9 Å². The average molecular weight is 206 g/mol. The van der Waals surface area contributed by atoms with Crippen molar-refractivity contribution in [2.24, 2.45) is 5.73 Å². The smallest absolute Gasteiger partial charge is 0.151 e. The molecule has 5 heteroatoms. The van der Waals surface area contributed by atoms with E-state index in [9.17, 15) is 14.6 Å². The zero-order valence-corrected chi connectivity index (χ0v) is 7.42. The van der Waals surface area contributed by atoms with Gasteiger partial charge in [-0.05, 0) is 12.1 Å². The van der Waals surface area contributed by atoms with E-state index in [0.29, 0.717) is 0 Å². The highest BCUT2D eigenvalue weighted by atomic mass is 35.5. The van der Waals surface area contributed by atoms with Gasteiger partial charge in [0.15, 0.2) is 5.82 Å². The first-order chi connectivity index (χ1) is 6.07. The van der Waals surface area contributed by atoms with Crippen LogP contribution >= 0.6 is 11.6 Å². The van der Waals surface area contributed by atoms with E-state index in [1.54, 1.807) is 0 Å². The molecule has 0 bridgehead atoms. The maximum absolute atomic E-state index is 13.2. The highest BCUT2D eigenvalue weighted by Crippen LogP contribution is 2.30. The largest absolute Gasteiger partial charge is 0.507 e. The van der Waals surface area contributed by atoms with E-state index < -0.39 is 11.9 Å². The fourth-order valence-corrected chi connectivity index (χ4v) is 1.16. The van der Waals surface area contributed by atoms with Gasteiger partial charge >= 0.3 is 0 Å². The molecule has 3 nitrogen and oxygen atoms in total. The zero-order chi connectivity index (χ0) is 10.0. The van der Waals surface area contributed by atoms with Gasteiger partial charge in [-0.1, -0.05) is 11.6 Å². The Labute approximate surface area is 79.6 Å². The average Bonchev–Trinajstić information content (AvgIpc) is 2.12. The Balaban J connectivity index is 3.25. The molecule has 0 saturated carbocycles. The van der Waals surface area contributed by atoms with Crippen molar-refractivity contribution in [2.45, 2.75) is 6.10 Å². The van der Waals surface area contributed by atoms with Crippen LogP contribution in [0.2, 0.25) is 5.02 Å². The second kappa shape index (κ2) is 3.91. The van der Waals surface area contributed by atoms with Gasteiger partial charge in [0.05, 0.1) is 16.7 Å². The number of aliphatic hydroxyl groups excluding tert-OH is 1. The lowest BCUT2D eigenvalue weighted by molar-refractivity contribution is 0.177. The molecule has 1 rings (SSSR count). The van der Waals surface area contributed by atoms with Gasteiger partial charge in [0.25, 0.3) is 0 Å². The number of rotatable bonds is 2. The van der Waals surface area contributed by atoms with Gasteiger partial charge in [0.2, 0.25) is 0 Å². The van der Waals surface area contributed by atoms with Crippen LogP contribution in [0.5, 0.6) is 5.75 Å². The molecule has 0 amide bonds. The van der Waals surface area contributed by atoms with Crippen molar-refractivity contribution in [1.29, 1.82) is 0 Å². The van der Waals surface area contributed by atoms with Crippen LogP contribution in [0.1, 0.15) is 11.7 Å². The van der Waals surface area contributed by atoms with Gasteiger partial charge in [-0.3, -0.25) is 0 Å². The molecule has 0 aliphatic rings. The number of aromatic hydroxyl groups is 1. The third kappa shape index (κ3) is 1.91. The first-order valence-corrected chi connectivity index (χ1v) is 4.00. The number of benzene rings is 1. The molecule has 1 aromatic rings. The van der Waals surface area contributed by atoms with Crippen LogP contribution in [0.4, 0.5) is 4.39 Å². The summed E-state index contributed by atoms with van der Waals surface area (Å²) in [7, 11) is 0. The van der Waals surface area contributed by atoms with Crippen molar-refractivity contribution in [2.75, 3.05) is 6.54 Å². The molecule has 4 N–H and O–H groups in total. The summed E-state index contributed by atoms with van der Waals surface area (Å²) in [5.41, 5.74) is 4.87. The SMILES string of the molecule is NCC(O)c1c(O)ccc(Cl)c1F. The van der Waals surface area contributed by atoms with Crippen LogP contribution in [-0.2, 0) is 0 Å². The summed E-state index contributed by atoms with van der Waals surface area (Å²) in [6.07, 6.45) is -1.24. The molecule has 0 radical (unpaired) electrons. The van der Waals surface area contributed by atoms with E-state index in [1.165, 1.54) is 12.1 Å². The zero-order valence-electron chi connectivity index (χ0n) is 6.67. The minimum Gasteiger partial charge on any atom is -0.507 e. The molecule has 0 fully saturated rings. The third-order valence-electron chi connectivity index (χ3n) is 1.67. The fraction of sp³-hybridized carbons (Fsp3) is 0.250. The molecule has 72 valence electrons. The van der Waals surface area contributed by atoms with Gasteiger partial charge in [0, 0.05) is 6.54 Å². The topological polar surface area (TPSA) is 66.5 Å². The van der Waals surface area contributed by atoms with Crippen molar-refractivity contribution in [3.05, 3.63) is 28.5 Å². The summed E-state index contributed by atoms with van der Waals surface area (Å²) in [6, 6.07) is 2.42. The van der Waals surface area contributed by atoms with E-state index >= 15 is 0 Å². The Morgan fingerprint density at radius 3 is 2.69 bits per heavy atom. The maximum atomic E-state index is 13.2. The molecule has 1 aromatic carbocycles. The lowest BCUT2D eigenvalue weighted by Gasteiger charge is -2.11. The van der Waals surface area contributed by atoms with Gasteiger partial charge in [0.1, 0.15) is 5.75 Å². The van der Waals surface area contributed by atoms with E-state index in [4.69, 9.17) is 17.3 Å². The Bertz CT molecular complexity index is 319. The Kier molecular flexibility index (Phi) is 3.08. The highest BCUT2D eigenvalue weighted by molar-refractivity contribution is 6.30. The van der Waals surface area contributed by atoms with Crippen molar-refractivity contribution < 1.29 is 14.6 Å². The molecule has 1 atom stereocenters. The summed E-state index contributed by atoms with van der Waals surface area (Å²) in [5.74, 6) is -1.18. The second-order valence-electron chi connectivity index (χ2n) is 2.55. The van der Waals surface area contributed by atoms with Gasteiger partial charge in [-0.15, -0.1) is 0 Å². The number of aliphatic hydroxyl groups is 1. The van der Waals surface area contributed by atoms with E-state index in [1.807, 2.05) is 0 Å². The van der Waals surface area contributed by atoms with Crippen molar-refractivity contribution in [3.63, 3.8) is 0 Å². The first kappa shape index (κ1) is 10.2. The minimum atomic E-state index is -1.24.